The molecule has 2 nitrogen and oxygen atoms in total. The maximum atomic E-state index is 2.82. The van der Waals surface area contributed by atoms with Crippen LogP contribution in [0.5, 0.6) is 0 Å². The first-order chi connectivity index (χ1) is 32.9. The number of nitrogens with zero attached hydrogens (tertiary/aromatic N) is 2. The average Bonchev–Trinajstić information content (AvgIpc) is 3.69. The maximum absolute atomic E-state index is 2.82. The Morgan fingerprint density at radius 2 is 1.06 bits per heavy atom. The number of hydrogen-bond donors (Lipinski definition) is 0. The van der Waals surface area contributed by atoms with Gasteiger partial charge in [-0.2, -0.15) is 0 Å². The van der Waals surface area contributed by atoms with Crippen LogP contribution in [0.15, 0.2) is 127 Å². The molecule has 0 atom stereocenters. The van der Waals surface area contributed by atoms with Gasteiger partial charge in [0, 0.05) is 32.6 Å². The Hall–Kier alpha value is -5.58. The van der Waals surface area contributed by atoms with Crippen LogP contribution in [0, 0.1) is 0 Å². The van der Waals surface area contributed by atoms with Crippen LogP contribution in [0.2, 0.25) is 0 Å². The molecule has 7 aromatic carbocycles. The van der Waals surface area contributed by atoms with Crippen molar-refractivity contribution in [2.75, 3.05) is 9.71 Å². The predicted octanol–water partition coefficient (Wildman–Crippen LogP) is 17.7. The Morgan fingerprint density at radius 1 is 0.471 bits per heavy atom. The van der Waals surface area contributed by atoms with Crippen molar-refractivity contribution in [1.82, 2.24) is 0 Å². The summed E-state index contributed by atoms with van der Waals surface area (Å²) in [5.41, 5.74) is 22.1. The molecule has 70 heavy (non-hydrogen) atoms. The van der Waals surface area contributed by atoms with E-state index in [2.05, 4.69) is 234 Å². The molecule has 0 saturated heterocycles. The monoisotopic (exact) mass is 935 g/mol. The highest BCUT2D eigenvalue weighted by Gasteiger charge is 2.50. The van der Waals surface area contributed by atoms with E-state index in [1.165, 1.54) is 141 Å². The SMILES string of the molecule is CC(C)(C)c1ccc(N2c3sc4cc5c(cc4c3B3c4c(cc6ccccc6c42)-c2ccc(C(C)(C)C)cc2N3c2ccc3c(c2)C(C)(C)CCC3(C)C)C(C)(C)CCC5(C)C)c(-c2ccccc2)c1. The quantitative estimate of drug-likeness (QED) is 0.163. The van der Waals surface area contributed by atoms with E-state index in [1.807, 2.05) is 11.3 Å². The van der Waals surface area contributed by atoms with E-state index in [4.69, 9.17) is 0 Å². The summed E-state index contributed by atoms with van der Waals surface area (Å²) >= 11 is 2.02. The van der Waals surface area contributed by atoms with Crippen molar-refractivity contribution in [2.24, 2.45) is 0 Å². The minimum absolute atomic E-state index is 0.0239. The largest absolute Gasteiger partial charge is 0.376 e. The van der Waals surface area contributed by atoms with Gasteiger partial charge in [0.15, 0.2) is 0 Å². The molecule has 2 aliphatic heterocycles. The Labute approximate surface area is 423 Å². The number of thiophene rings is 1. The molecule has 0 spiro atoms. The molecule has 1 aromatic heterocycles. The second kappa shape index (κ2) is 15.0. The lowest BCUT2D eigenvalue weighted by Gasteiger charge is -2.47. The van der Waals surface area contributed by atoms with Crippen molar-refractivity contribution in [3.63, 3.8) is 0 Å². The molecule has 12 rings (SSSR count). The van der Waals surface area contributed by atoms with E-state index in [-0.39, 0.29) is 39.3 Å². The fraction of sp³-hybridized carbons (Fsp3) is 0.364. The first kappa shape index (κ1) is 45.6. The summed E-state index contributed by atoms with van der Waals surface area (Å²) in [4.78, 5) is 5.56. The molecular weight excluding hydrogens is 864 g/mol. The highest BCUT2D eigenvalue weighted by Crippen LogP contribution is 2.57. The van der Waals surface area contributed by atoms with Crippen molar-refractivity contribution in [3.8, 4) is 22.3 Å². The molecule has 0 radical (unpaired) electrons. The Balaban J connectivity index is 1.27. The number of benzene rings is 7. The number of hydrogen-bond acceptors (Lipinski definition) is 3. The van der Waals surface area contributed by atoms with Gasteiger partial charge in [-0.05, 0) is 173 Å². The van der Waals surface area contributed by atoms with Crippen molar-refractivity contribution >= 4 is 77.7 Å². The van der Waals surface area contributed by atoms with Gasteiger partial charge in [-0.25, -0.2) is 0 Å². The van der Waals surface area contributed by atoms with Crippen LogP contribution in [0.25, 0.3) is 43.1 Å². The Morgan fingerprint density at radius 3 is 1.73 bits per heavy atom. The van der Waals surface area contributed by atoms with Crippen molar-refractivity contribution in [1.29, 1.82) is 0 Å². The second-order valence-electron chi connectivity index (χ2n) is 26.3. The summed E-state index contributed by atoms with van der Waals surface area (Å²) in [6.45, 7) is 33.9. The molecule has 0 N–H and O–H groups in total. The zero-order valence-corrected chi connectivity index (χ0v) is 45.1. The first-order valence-electron chi connectivity index (χ1n) is 26.2. The van der Waals surface area contributed by atoms with Crippen molar-refractivity contribution in [2.45, 2.75) is 155 Å². The number of rotatable bonds is 3. The summed E-state index contributed by atoms with van der Waals surface area (Å²) in [5, 5.41) is 5.29. The molecule has 8 aromatic rings. The van der Waals surface area contributed by atoms with Crippen LogP contribution in [0.3, 0.4) is 0 Å². The second-order valence-corrected chi connectivity index (χ2v) is 27.4. The topological polar surface area (TPSA) is 6.48 Å². The van der Waals surface area contributed by atoms with Gasteiger partial charge in [-0.15, -0.1) is 11.3 Å². The van der Waals surface area contributed by atoms with Gasteiger partial charge < -0.3 is 9.71 Å². The molecule has 3 heterocycles. The summed E-state index contributed by atoms with van der Waals surface area (Å²) < 4.78 is 1.38. The molecule has 0 amide bonds. The van der Waals surface area contributed by atoms with Gasteiger partial charge in [-0.3, -0.25) is 0 Å². The molecule has 4 aliphatic rings. The Kier molecular flexibility index (Phi) is 9.75. The fourth-order valence-electron chi connectivity index (χ4n) is 13.0. The van der Waals surface area contributed by atoms with Gasteiger partial charge in [0.05, 0.1) is 16.4 Å². The lowest BCUT2D eigenvalue weighted by Crippen LogP contribution is -2.61. The van der Waals surface area contributed by atoms with Crippen LogP contribution in [-0.2, 0) is 32.5 Å². The van der Waals surface area contributed by atoms with E-state index in [0.29, 0.717) is 0 Å². The van der Waals surface area contributed by atoms with Gasteiger partial charge in [0.25, 0.3) is 0 Å². The van der Waals surface area contributed by atoms with E-state index in [1.54, 1.807) is 0 Å². The molecule has 0 saturated carbocycles. The van der Waals surface area contributed by atoms with Gasteiger partial charge in [0.2, 0.25) is 0 Å². The summed E-state index contributed by atoms with van der Waals surface area (Å²) in [6.07, 6.45) is 4.73. The normalized spacial score (nSPS) is 18.3. The minimum Gasteiger partial charge on any atom is -0.376 e. The molecule has 2 aliphatic carbocycles. The highest BCUT2D eigenvalue weighted by molar-refractivity contribution is 7.26. The molecule has 4 heteroatoms. The number of anilines is 5. The zero-order chi connectivity index (χ0) is 49.2. The molecule has 0 fully saturated rings. The number of fused-ring (bicyclic) bond motifs is 10. The average molecular weight is 935 g/mol. The summed E-state index contributed by atoms with van der Waals surface area (Å²) in [7, 11) is 0. The molecule has 0 bridgehead atoms. The third-order valence-corrected chi connectivity index (χ3v) is 18.8. The minimum atomic E-state index is -0.0955. The van der Waals surface area contributed by atoms with E-state index < -0.39 is 0 Å². The maximum Gasteiger partial charge on any atom is 0.334 e. The summed E-state index contributed by atoms with van der Waals surface area (Å²) in [6, 6.07) is 50.7. The summed E-state index contributed by atoms with van der Waals surface area (Å²) in [5.74, 6) is 0. The first-order valence-corrected chi connectivity index (χ1v) is 27.0. The van der Waals surface area contributed by atoms with Crippen molar-refractivity contribution in [3.05, 3.63) is 161 Å². The third-order valence-electron chi connectivity index (χ3n) is 17.7. The standard InChI is InChI=1S/C66H71BN2S/c1-61(2,3)42-25-29-54(47(35-42)40-20-16-15-17-21-40)68-59-45-23-19-18-22-41(45)34-48-46-27-24-43(62(4,5)6)36-55(46)69(44-26-28-50-51(37-44)64(9,10)31-30-63(50,7)8)67(57(48)59)58-49-38-52-53(39-56(49)70-60(58)68)66(13,14)33-32-65(52,11)12/h15-29,34-39H,30-33H2,1-14H3. The smallest absolute Gasteiger partial charge is 0.334 e. The van der Waals surface area contributed by atoms with Gasteiger partial charge >= 0.3 is 6.85 Å². The Bertz CT molecular complexity index is 3480. The van der Waals surface area contributed by atoms with E-state index in [0.717, 1.165) is 0 Å². The molecular formula is C66H71BN2S. The van der Waals surface area contributed by atoms with Gasteiger partial charge in [0.1, 0.15) is 0 Å². The van der Waals surface area contributed by atoms with E-state index in [9.17, 15) is 0 Å². The lowest BCUT2D eigenvalue weighted by molar-refractivity contribution is 0.332. The zero-order valence-electron chi connectivity index (χ0n) is 44.3. The third kappa shape index (κ3) is 6.78. The van der Waals surface area contributed by atoms with Crippen LogP contribution >= 0.6 is 11.3 Å². The molecule has 0 unspecified atom stereocenters. The van der Waals surface area contributed by atoms with Crippen molar-refractivity contribution < 1.29 is 0 Å². The van der Waals surface area contributed by atoms with Crippen LogP contribution in [0.4, 0.5) is 27.8 Å². The lowest BCUT2D eigenvalue weighted by atomic mass is 9.43. The van der Waals surface area contributed by atoms with E-state index >= 15 is 0 Å². The van der Waals surface area contributed by atoms with Crippen LogP contribution < -0.4 is 20.6 Å². The van der Waals surface area contributed by atoms with Crippen LogP contribution in [-0.4, -0.2) is 6.85 Å². The predicted molar refractivity (Wildman–Crippen MR) is 306 cm³/mol. The fourth-order valence-corrected chi connectivity index (χ4v) is 14.3. The van der Waals surface area contributed by atoms with Crippen LogP contribution in [0.1, 0.15) is 156 Å². The van der Waals surface area contributed by atoms with Gasteiger partial charge in [-0.1, -0.05) is 176 Å². The molecule has 354 valence electrons. The highest BCUT2D eigenvalue weighted by atomic mass is 32.1.